The van der Waals surface area contributed by atoms with Crippen molar-refractivity contribution in [1.29, 1.82) is 0 Å². The van der Waals surface area contributed by atoms with Gasteiger partial charge in [-0.2, -0.15) is 0 Å². The predicted octanol–water partition coefficient (Wildman–Crippen LogP) is -0.536. The molecule has 0 aromatic carbocycles. The number of carboxylic acids is 1. The molecule has 0 aromatic heterocycles. The van der Waals surface area contributed by atoms with Gasteiger partial charge in [-0.25, -0.2) is 4.79 Å². The molecule has 6 nitrogen and oxygen atoms in total. The fraction of sp³-hybridized carbons (Fsp3) is 0.500. The van der Waals surface area contributed by atoms with Gasteiger partial charge in [-0.1, -0.05) is 0 Å². The largest absolute Gasteiger partial charge is 0.481 e. The molecule has 6 heteroatoms. The van der Waals surface area contributed by atoms with E-state index >= 15 is 0 Å². The first-order chi connectivity index (χ1) is 5.36. The highest BCUT2D eigenvalue weighted by atomic mass is 16.4. The fourth-order valence-electron chi connectivity index (χ4n) is 0.283. The second kappa shape index (κ2) is 7.52. The van der Waals surface area contributed by atoms with Crippen LogP contribution in [0.5, 0.6) is 0 Å². The molecule has 2 amide bonds. The van der Waals surface area contributed by atoms with Crippen molar-refractivity contribution < 1.29 is 19.5 Å². The lowest BCUT2D eigenvalue weighted by atomic mass is 10.2. The van der Waals surface area contributed by atoms with Crippen molar-refractivity contribution in [1.82, 2.24) is 0 Å². The van der Waals surface area contributed by atoms with Crippen molar-refractivity contribution in [3.63, 3.8) is 0 Å². The van der Waals surface area contributed by atoms with Crippen LogP contribution in [-0.4, -0.2) is 22.9 Å². The third kappa shape index (κ3) is 39.7. The number of aliphatic carboxylic acids is 1. The SMILES string of the molecule is CC(=O)CCC(=O)O.NC(N)=O. The van der Waals surface area contributed by atoms with Crippen molar-refractivity contribution in [2.45, 2.75) is 19.8 Å². The minimum Gasteiger partial charge on any atom is -0.481 e. The summed E-state index contributed by atoms with van der Waals surface area (Å²) in [5.74, 6) is -0.993. The third-order valence-electron chi connectivity index (χ3n) is 0.691. The number of amides is 2. The smallest absolute Gasteiger partial charge is 0.309 e. The minimum atomic E-state index is -0.916. The van der Waals surface area contributed by atoms with Gasteiger partial charge < -0.3 is 21.4 Å². The van der Waals surface area contributed by atoms with Gasteiger partial charge in [0.1, 0.15) is 5.78 Å². The number of hydrogen-bond acceptors (Lipinski definition) is 3. The van der Waals surface area contributed by atoms with Crippen LogP contribution in [0, 0.1) is 0 Å². The van der Waals surface area contributed by atoms with Crippen molar-refractivity contribution in [2.75, 3.05) is 0 Å². The molecule has 0 radical (unpaired) electrons. The van der Waals surface area contributed by atoms with E-state index in [0.717, 1.165) is 0 Å². The summed E-state index contributed by atoms with van der Waals surface area (Å²) in [5.41, 5.74) is 8.50. The second-order valence-corrected chi connectivity index (χ2v) is 2.00. The summed E-state index contributed by atoms with van der Waals surface area (Å²) in [5, 5.41) is 8.01. The molecule has 0 bridgehead atoms. The number of carbonyl (C=O) groups is 3. The first-order valence-corrected chi connectivity index (χ1v) is 3.12. The lowest BCUT2D eigenvalue weighted by molar-refractivity contribution is -0.138. The molecule has 70 valence electrons. The highest BCUT2D eigenvalue weighted by molar-refractivity contribution is 5.80. The molecule has 0 unspecified atom stereocenters. The first kappa shape index (κ1) is 13.0. The monoisotopic (exact) mass is 176 g/mol. The van der Waals surface area contributed by atoms with E-state index < -0.39 is 12.0 Å². The number of Topliss-reactive ketones (excluding diaryl/α,β-unsaturated/α-hetero) is 1. The van der Waals surface area contributed by atoms with Crippen molar-refractivity contribution >= 4 is 17.8 Å². The molecule has 0 aliphatic carbocycles. The number of ketones is 1. The Bertz CT molecular complexity index is 160. The topological polar surface area (TPSA) is 123 Å². The standard InChI is InChI=1S/C5H8O3.CH4N2O/c1-4(6)2-3-5(7)8;2-1(3)4/h2-3H2,1H3,(H,7,8);(H4,2,3,4). The van der Waals surface area contributed by atoms with E-state index in [1.807, 2.05) is 0 Å². The van der Waals surface area contributed by atoms with Crippen molar-refractivity contribution in [2.24, 2.45) is 11.5 Å². The van der Waals surface area contributed by atoms with Gasteiger partial charge in [0.2, 0.25) is 0 Å². The summed E-state index contributed by atoms with van der Waals surface area (Å²) in [4.78, 5) is 28.8. The molecule has 5 N–H and O–H groups in total. The summed E-state index contributed by atoms with van der Waals surface area (Å²) < 4.78 is 0. The number of hydrogen-bond donors (Lipinski definition) is 3. The second-order valence-electron chi connectivity index (χ2n) is 2.00. The molecular weight excluding hydrogens is 164 g/mol. The van der Waals surface area contributed by atoms with E-state index in [-0.39, 0.29) is 18.6 Å². The van der Waals surface area contributed by atoms with Gasteiger partial charge >= 0.3 is 12.0 Å². The molecule has 0 heterocycles. The summed E-state index contributed by atoms with van der Waals surface area (Å²) in [6.45, 7) is 1.38. The molecule has 0 aliphatic rings. The van der Waals surface area contributed by atoms with Gasteiger partial charge in [-0.3, -0.25) is 4.79 Å². The van der Waals surface area contributed by atoms with Crippen LogP contribution in [0.4, 0.5) is 4.79 Å². The van der Waals surface area contributed by atoms with Gasteiger partial charge in [0.05, 0.1) is 6.42 Å². The highest BCUT2D eigenvalue weighted by Crippen LogP contribution is 1.87. The molecule has 0 fully saturated rings. The number of nitrogens with two attached hydrogens (primary N) is 2. The first-order valence-electron chi connectivity index (χ1n) is 3.12. The molecule has 0 saturated heterocycles. The van der Waals surface area contributed by atoms with Crippen molar-refractivity contribution in [3.05, 3.63) is 0 Å². The Morgan fingerprint density at radius 1 is 1.17 bits per heavy atom. The van der Waals surface area contributed by atoms with Gasteiger partial charge in [0, 0.05) is 6.42 Å². The zero-order valence-corrected chi connectivity index (χ0v) is 6.74. The Morgan fingerprint density at radius 2 is 1.50 bits per heavy atom. The van der Waals surface area contributed by atoms with Crippen LogP contribution < -0.4 is 11.5 Å². The van der Waals surface area contributed by atoms with E-state index in [0.29, 0.717) is 0 Å². The predicted molar refractivity (Wildman–Crippen MR) is 41.3 cm³/mol. The molecule has 0 rings (SSSR count). The van der Waals surface area contributed by atoms with Crippen LogP contribution in [0.2, 0.25) is 0 Å². The Labute approximate surface area is 69.5 Å². The maximum atomic E-state index is 10.1. The maximum absolute atomic E-state index is 10.1. The molecule has 12 heavy (non-hydrogen) atoms. The molecule has 0 atom stereocenters. The summed E-state index contributed by atoms with van der Waals surface area (Å²) in [6, 6.07) is -0.833. The van der Waals surface area contributed by atoms with Crippen LogP contribution >= 0.6 is 0 Å². The maximum Gasteiger partial charge on any atom is 0.309 e. The summed E-state index contributed by atoms with van der Waals surface area (Å²) in [7, 11) is 0. The van der Waals surface area contributed by atoms with Crippen LogP contribution in [0.1, 0.15) is 19.8 Å². The number of primary amides is 2. The normalized spacial score (nSPS) is 7.75. The number of urea groups is 1. The van der Waals surface area contributed by atoms with Gasteiger partial charge in [-0.05, 0) is 6.92 Å². The van der Waals surface area contributed by atoms with Crippen LogP contribution in [0.3, 0.4) is 0 Å². The Hall–Kier alpha value is -1.59. The van der Waals surface area contributed by atoms with Crippen LogP contribution in [0.15, 0.2) is 0 Å². The minimum absolute atomic E-state index is 0.0463. The zero-order valence-electron chi connectivity index (χ0n) is 6.74. The van der Waals surface area contributed by atoms with Crippen LogP contribution in [-0.2, 0) is 9.59 Å². The average Bonchev–Trinajstić information content (AvgIpc) is 1.82. The lowest BCUT2D eigenvalue weighted by Crippen LogP contribution is -2.18. The summed E-state index contributed by atoms with van der Waals surface area (Å²) >= 11 is 0. The average molecular weight is 176 g/mol. The fourth-order valence-corrected chi connectivity index (χ4v) is 0.283. The van der Waals surface area contributed by atoms with E-state index in [1.165, 1.54) is 6.92 Å². The van der Waals surface area contributed by atoms with E-state index in [1.54, 1.807) is 0 Å². The van der Waals surface area contributed by atoms with Gasteiger partial charge in [-0.15, -0.1) is 0 Å². The molecule has 0 spiro atoms. The number of carbonyl (C=O) groups excluding carboxylic acids is 2. The third-order valence-corrected chi connectivity index (χ3v) is 0.691. The number of rotatable bonds is 3. The van der Waals surface area contributed by atoms with E-state index in [4.69, 9.17) is 9.90 Å². The highest BCUT2D eigenvalue weighted by Gasteiger charge is 1.97. The van der Waals surface area contributed by atoms with Gasteiger partial charge in [0.25, 0.3) is 0 Å². The quantitative estimate of drug-likeness (QED) is 0.534. The molecule has 0 aromatic rings. The van der Waals surface area contributed by atoms with Crippen molar-refractivity contribution in [3.8, 4) is 0 Å². The van der Waals surface area contributed by atoms with Gasteiger partial charge in [0.15, 0.2) is 0 Å². The Balaban J connectivity index is 0. The summed E-state index contributed by atoms with van der Waals surface area (Å²) in [6.07, 6.45) is 0.102. The Morgan fingerprint density at radius 3 is 1.58 bits per heavy atom. The zero-order chi connectivity index (χ0) is 10.1. The number of carboxylic acid groups (broad SMARTS) is 1. The van der Waals surface area contributed by atoms with E-state index in [9.17, 15) is 9.59 Å². The Kier molecular flexibility index (Phi) is 8.16. The molecular formula is C6H12N2O4. The van der Waals surface area contributed by atoms with E-state index in [2.05, 4.69) is 11.5 Å². The lowest BCUT2D eigenvalue weighted by Gasteiger charge is -1.86. The molecule has 0 aliphatic heterocycles. The molecule has 0 saturated carbocycles. The van der Waals surface area contributed by atoms with Crippen LogP contribution in [0.25, 0.3) is 0 Å².